The number of nitrogens with one attached hydrogen (secondary N) is 2. The second-order valence-electron chi connectivity index (χ2n) is 5.38. The number of nitrogens with zero attached hydrogens (tertiary/aromatic N) is 1. The van der Waals surface area contributed by atoms with Crippen LogP contribution < -0.4 is 9.46 Å². The summed E-state index contributed by atoms with van der Waals surface area (Å²) in [5.74, 6) is 1.09. The highest BCUT2D eigenvalue weighted by Gasteiger charge is 2.13. The highest BCUT2D eigenvalue weighted by molar-refractivity contribution is 7.92. The number of ether oxygens (including phenoxy) is 1. The van der Waals surface area contributed by atoms with Crippen LogP contribution >= 0.6 is 0 Å². The molecule has 1 aromatic heterocycles. The maximum atomic E-state index is 11.3. The summed E-state index contributed by atoms with van der Waals surface area (Å²) in [4.78, 5) is 7.71. The number of anilines is 1. The van der Waals surface area contributed by atoms with Crippen molar-refractivity contribution < 1.29 is 18.3 Å². The molecule has 3 rings (SSSR count). The van der Waals surface area contributed by atoms with Gasteiger partial charge in [-0.3, -0.25) is 4.72 Å². The molecule has 1 heterocycles. The van der Waals surface area contributed by atoms with Gasteiger partial charge in [0.05, 0.1) is 42.3 Å². The van der Waals surface area contributed by atoms with Crippen molar-refractivity contribution in [2.75, 3.05) is 18.1 Å². The lowest BCUT2D eigenvalue weighted by Gasteiger charge is -2.09. The minimum absolute atomic E-state index is 0.0483. The van der Waals surface area contributed by atoms with Gasteiger partial charge in [-0.15, -0.1) is 0 Å². The normalized spacial score (nSPS) is 11.6. The molecule has 0 amide bonds. The molecule has 0 saturated carbocycles. The van der Waals surface area contributed by atoms with Crippen LogP contribution in [0.2, 0.25) is 0 Å². The Balaban J connectivity index is 2.05. The molecule has 0 spiro atoms. The molecule has 24 heavy (non-hydrogen) atoms. The van der Waals surface area contributed by atoms with E-state index in [9.17, 15) is 13.5 Å². The predicted octanol–water partition coefficient (Wildman–Crippen LogP) is 2.10. The maximum Gasteiger partial charge on any atom is 0.229 e. The number of imidazole rings is 1. The molecule has 0 unspecified atom stereocenters. The molecular formula is C16H17N3O4S. The molecule has 0 aliphatic heterocycles. The van der Waals surface area contributed by atoms with Crippen molar-refractivity contribution in [3.63, 3.8) is 0 Å². The summed E-state index contributed by atoms with van der Waals surface area (Å²) in [6, 6.07) is 10.5. The van der Waals surface area contributed by atoms with Gasteiger partial charge < -0.3 is 14.8 Å². The van der Waals surface area contributed by atoms with E-state index in [2.05, 4.69) is 14.7 Å². The van der Waals surface area contributed by atoms with Crippen LogP contribution in [0.5, 0.6) is 5.75 Å². The summed E-state index contributed by atoms with van der Waals surface area (Å²) in [7, 11) is -1.85. The summed E-state index contributed by atoms with van der Waals surface area (Å²) in [6.45, 7) is -0.0483. The molecule has 0 saturated heterocycles. The molecule has 8 heteroatoms. The Labute approximate surface area is 139 Å². The van der Waals surface area contributed by atoms with E-state index in [-0.39, 0.29) is 6.61 Å². The fraction of sp³-hybridized carbons (Fsp3) is 0.188. The number of methoxy groups -OCH3 is 1. The van der Waals surface area contributed by atoms with Gasteiger partial charge in [0, 0.05) is 6.07 Å². The van der Waals surface area contributed by atoms with Crippen molar-refractivity contribution in [1.29, 1.82) is 0 Å². The zero-order valence-corrected chi connectivity index (χ0v) is 14.0. The fourth-order valence-corrected chi connectivity index (χ4v) is 3.00. The van der Waals surface area contributed by atoms with Gasteiger partial charge in [-0.1, -0.05) is 6.07 Å². The van der Waals surface area contributed by atoms with Crippen LogP contribution in [-0.4, -0.2) is 36.9 Å². The van der Waals surface area contributed by atoms with Crippen LogP contribution in [-0.2, 0) is 16.6 Å². The molecule has 0 aliphatic rings. The van der Waals surface area contributed by atoms with Crippen molar-refractivity contribution in [2.45, 2.75) is 6.61 Å². The van der Waals surface area contributed by atoms with Gasteiger partial charge in [0.25, 0.3) is 0 Å². The van der Waals surface area contributed by atoms with E-state index in [0.717, 1.165) is 22.9 Å². The third kappa shape index (κ3) is 3.34. The Kier molecular flexibility index (Phi) is 4.16. The average Bonchev–Trinajstić information content (AvgIpc) is 2.95. The largest absolute Gasteiger partial charge is 0.496 e. The van der Waals surface area contributed by atoms with E-state index >= 15 is 0 Å². The van der Waals surface area contributed by atoms with Gasteiger partial charge >= 0.3 is 0 Å². The summed E-state index contributed by atoms with van der Waals surface area (Å²) >= 11 is 0. The summed E-state index contributed by atoms with van der Waals surface area (Å²) in [5.41, 5.74) is 3.47. The summed E-state index contributed by atoms with van der Waals surface area (Å²) < 4.78 is 30.5. The second-order valence-corrected chi connectivity index (χ2v) is 7.13. The highest BCUT2D eigenvalue weighted by Crippen LogP contribution is 2.32. The molecule has 7 nitrogen and oxygen atoms in total. The first-order chi connectivity index (χ1) is 11.4. The van der Waals surface area contributed by atoms with Crippen molar-refractivity contribution in [2.24, 2.45) is 0 Å². The van der Waals surface area contributed by atoms with E-state index in [1.807, 2.05) is 12.1 Å². The number of sulfonamides is 1. The first-order valence-corrected chi connectivity index (χ1v) is 9.04. The first-order valence-electron chi connectivity index (χ1n) is 7.15. The monoisotopic (exact) mass is 347 g/mol. The van der Waals surface area contributed by atoms with Crippen LogP contribution in [0.3, 0.4) is 0 Å². The SMILES string of the molecule is COc1cc(NS(C)(=O)=O)ccc1-c1nc2cc(CO)ccc2[nH]1. The number of rotatable bonds is 5. The molecule has 126 valence electrons. The zero-order chi connectivity index (χ0) is 17.3. The lowest BCUT2D eigenvalue weighted by atomic mass is 10.1. The quantitative estimate of drug-likeness (QED) is 0.656. The number of hydrogen-bond acceptors (Lipinski definition) is 5. The van der Waals surface area contributed by atoms with Crippen LogP contribution in [0.4, 0.5) is 5.69 Å². The molecule has 0 fully saturated rings. The highest BCUT2D eigenvalue weighted by atomic mass is 32.2. The number of aromatic amines is 1. The van der Waals surface area contributed by atoms with Gasteiger partial charge in [0.15, 0.2) is 0 Å². The topological polar surface area (TPSA) is 104 Å². The molecule has 3 aromatic rings. The smallest absolute Gasteiger partial charge is 0.229 e. The number of aromatic nitrogens is 2. The van der Waals surface area contributed by atoms with Crippen molar-refractivity contribution in [3.8, 4) is 17.1 Å². The van der Waals surface area contributed by atoms with Crippen LogP contribution in [0.25, 0.3) is 22.4 Å². The number of aliphatic hydroxyl groups excluding tert-OH is 1. The Bertz CT molecular complexity index is 996. The first kappa shape index (κ1) is 16.3. The van der Waals surface area contributed by atoms with Gasteiger partial charge in [-0.2, -0.15) is 0 Å². The van der Waals surface area contributed by atoms with Crippen LogP contribution in [0.15, 0.2) is 36.4 Å². The van der Waals surface area contributed by atoms with E-state index in [0.29, 0.717) is 22.8 Å². The molecule has 0 atom stereocenters. The number of benzene rings is 2. The Morgan fingerprint density at radius 1 is 1.25 bits per heavy atom. The van der Waals surface area contributed by atoms with E-state index in [1.165, 1.54) is 7.11 Å². The van der Waals surface area contributed by atoms with E-state index in [1.54, 1.807) is 24.3 Å². The average molecular weight is 347 g/mol. The van der Waals surface area contributed by atoms with Crippen LogP contribution in [0, 0.1) is 0 Å². The Hall–Kier alpha value is -2.58. The van der Waals surface area contributed by atoms with Gasteiger partial charge in [-0.25, -0.2) is 13.4 Å². The fourth-order valence-electron chi connectivity index (χ4n) is 2.44. The minimum atomic E-state index is -3.36. The third-order valence-corrected chi connectivity index (χ3v) is 4.10. The Morgan fingerprint density at radius 3 is 2.71 bits per heavy atom. The third-order valence-electron chi connectivity index (χ3n) is 3.49. The molecule has 3 N–H and O–H groups in total. The molecular weight excluding hydrogens is 330 g/mol. The van der Waals surface area contributed by atoms with E-state index < -0.39 is 10.0 Å². The summed E-state index contributed by atoms with van der Waals surface area (Å²) in [5, 5.41) is 9.21. The van der Waals surface area contributed by atoms with Crippen molar-refractivity contribution in [1.82, 2.24) is 9.97 Å². The predicted molar refractivity (Wildman–Crippen MR) is 92.5 cm³/mol. The molecule has 0 aliphatic carbocycles. The zero-order valence-electron chi connectivity index (χ0n) is 13.2. The lowest BCUT2D eigenvalue weighted by molar-refractivity contribution is 0.282. The number of fused-ring (bicyclic) bond motifs is 1. The maximum absolute atomic E-state index is 11.3. The number of H-pyrrole nitrogens is 1. The number of hydrogen-bond donors (Lipinski definition) is 3. The van der Waals surface area contributed by atoms with Crippen LogP contribution in [0.1, 0.15) is 5.56 Å². The second kappa shape index (κ2) is 6.14. The van der Waals surface area contributed by atoms with Crippen molar-refractivity contribution >= 4 is 26.7 Å². The summed E-state index contributed by atoms with van der Waals surface area (Å²) in [6.07, 6.45) is 1.09. The molecule has 2 aromatic carbocycles. The Morgan fingerprint density at radius 2 is 2.04 bits per heavy atom. The molecule has 0 bridgehead atoms. The van der Waals surface area contributed by atoms with Gasteiger partial charge in [0.1, 0.15) is 11.6 Å². The number of aliphatic hydroxyl groups is 1. The van der Waals surface area contributed by atoms with Crippen molar-refractivity contribution in [3.05, 3.63) is 42.0 Å². The molecule has 0 radical (unpaired) electrons. The van der Waals surface area contributed by atoms with Gasteiger partial charge in [0.2, 0.25) is 10.0 Å². The standard InChI is InChI=1S/C16H17N3O4S/c1-23-15-8-11(19-24(2,21)22)4-5-12(15)16-17-13-6-3-10(9-20)7-14(13)18-16/h3-8,19-20H,9H2,1-2H3,(H,17,18). The minimum Gasteiger partial charge on any atom is -0.496 e. The van der Waals surface area contributed by atoms with Gasteiger partial charge in [-0.05, 0) is 29.8 Å². The van der Waals surface area contributed by atoms with E-state index in [4.69, 9.17) is 4.74 Å². The lowest BCUT2D eigenvalue weighted by Crippen LogP contribution is -2.09.